The van der Waals surface area contributed by atoms with Gasteiger partial charge in [0.1, 0.15) is 5.82 Å². The van der Waals surface area contributed by atoms with Crippen LogP contribution < -0.4 is 5.32 Å². The molecule has 0 unspecified atom stereocenters. The van der Waals surface area contributed by atoms with E-state index in [0.29, 0.717) is 11.6 Å². The minimum absolute atomic E-state index is 0.144. The smallest absolute Gasteiger partial charge is 0.126 e. The maximum Gasteiger partial charge on any atom is 0.126 e. The molecular weight excluding hydrogens is 189 g/mol. The summed E-state index contributed by atoms with van der Waals surface area (Å²) >= 11 is 0. The number of aryl methyl sites for hydroxylation is 1. The highest BCUT2D eigenvalue weighted by molar-refractivity contribution is 5.50. The van der Waals surface area contributed by atoms with Gasteiger partial charge in [-0.25, -0.2) is 4.39 Å². The standard InChI is InChI=1S/C13H18FN/c1-10(2)15-8-4-5-12-7-6-11(3)13(14)9-12/h4-7,9-10,15H,8H2,1-3H3. The summed E-state index contributed by atoms with van der Waals surface area (Å²) in [5.41, 5.74) is 1.59. The Labute approximate surface area is 91.0 Å². The average Bonchev–Trinajstić information content (AvgIpc) is 2.18. The first-order chi connectivity index (χ1) is 7.09. The van der Waals surface area contributed by atoms with Crippen molar-refractivity contribution in [1.82, 2.24) is 5.32 Å². The summed E-state index contributed by atoms with van der Waals surface area (Å²) in [6.07, 6.45) is 3.93. The van der Waals surface area contributed by atoms with E-state index in [4.69, 9.17) is 0 Å². The van der Waals surface area contributed by atoms with Gasteiger partial charge in [0.25, 0.3) is 0 Å². The van der Waals surface area contributed by atoms with Gasteiger partial charge in [0.2, 0.25) is 0 Å². The third-order valence-corrected chi connectivity index (χ3v) is 2.15. The maximum atomic E-state index is 13.2. The molecule has 0 fully saturated rings. The van der Waals surface area contributed by atoms with E-state index >= 15 is 0 Å². The van der Waals surface area contributed by atoms with Crippen LogP contribution in [0.15, 0.2) is 24.3 Å². The highest BCUT2D eigenvalue weighted by Crippen LogP contribution is 2.10. The summed E-state index contributed by atoms with van der Waals surface area (Å²) in [6.45, 7) is 6.77. The van der Waals surface area contributed by atoms with Gasteiger partial charge < -0.3 is 5.32 Å². The summed E-state index contributed by atoms with van der Waals surface area (Å²) in [6, 6.07) is 5.75. The van der Waals surface area contributed by atoms with Crippen LogP contribution in [0.4, 0.5) is 4.39 Å². The van der Waals surface area contributed by atoms with E-state index in [2.05, 4.69) is 19.2 Å². The van der Waals surface area contributed by atoms with E-state index in [9.17, 15) is 4.39 Å². The van der Waals surface area contributed by atoms with Gasteiger partial charge in [-0.05, 0) is 24.1 Å². The molecule has 0 saturated heterocycles. The molecule has 1 aromatic rings. The average molecular weight is 207 g/mol. The van der Waals surface area contributed by atoms with Gasteiger partial charge in [-0.15, -0.1) is 0 Å². The highest BCUT2D eigenvalue weighted by Gasteiger charge is 1.96. The molecule has 0 saturated carbocycles. The molecule has 0 atom stereocenters. The monoisotopic (exact) mass is 207 g/mol. The van der Waals surface area contributed by atoms with Gasteiger partial charge in [0.05, 0.1) is 0 Å². The molecule has 1 rings (SSSR count). The number of hydrogen-bond donors (Lipinski definition) is 1. The number of nitrogens with one attached hydrogen (secondary N) is 1. The molecule has 0 heterocycles. The fourth-order valence-electron chi connectivity index (χ4n) is 1.21. The summed E-state index contributed by atoms with van der Waals surface area (Å²) < 4.78 is 13.2. The zero-order chi connectivity index (χ0) is 11.3. The molecule has 0 aromatic heterocycles. The van der Waals surface area contributed by atoms with Crippen LogP contribution in [-0.2, 0) is 0 Å². The van der Waals surface area contributed by atoms with Gasteiger partial charge in [0.15, 0.2) is 0 Å². The summed E-state index contributed by atoms with van der Waals surface area (Å²) in [5, 5.41) is 3.26. The number of benzene rings is 1. The Morgan fingerprint density at radius 3 is 2.73 bits per heavy atom. The Kier molecular flexibility index (Phi) is 4.50. The van der Waals surface area contributed by atoms with Gasteiger partial charge >= 0.3 is 0 Å². The first kappa shape index (κ1) is 11.9. The maximum absolute atomic E-state index is 13.2. The number of rotatable bonds is 4. The Bertz CT molecular complexity index is 342. The molecule has 0 aliphatic carbocycles. The predicted molar refractivity (Wildman–Crippen MR) is 63.3 cm³/mol. The Morgan fingerprint density at radius 1 is 1.40 bits per heavy atom. The van der Waals surface area contributed by atoms with Crippen molar-refractivity contribution in [3.8, 4) is 0 Å². The molecule has 0 aliphatic rings. The largest absolute Gasteiger partial charge is 0.311 e. The molecule has 0 spiro atoms. The zero-order valence-electron chi connectivity index (χ0n) is 9.55. The van der Waals surface area contributed by atoms with E-state index in [1.54, 1.807) is 19.1 Å². The molecule has 2 heteroatoms. The quantitative estimate of drug-likeness (QED) is 0.799. The van der Waals surface area contributed by atoms with Crippen molar-refractivity contribution in [3.05, 3.63) is 41.2 Å². The van der Waals surface area contributed by atoms with Crippen LogP contribution in [0.3, 0.4) is 0 Å². The number of halogens is 1. The third kappa shape index (κ3) is 4.26. The normalized spacial score (nSPS) is 11.5. The second kappa shape index (κ2) is 5.66. The second-order valence-corrected chi connectivity index (χ2v) is 3.97. The third-order valence-electron chi connectivity index (χ3n) is 2.15. The van der Waals surface area contributed by atoms with Crippen LogP contribution in [-0.4, -0.2) is 12.6 Å². The van der Waals surface area contributed by atoms with Crippen LogP contribution in [0.5, 0.6) is 0 Å². The fourth-order valence-corrected chi connectivity index (χ4v) is 1.21. The van der Waals surface area contributed by atoms with Crippen molar-refractivity contribution in [2.45, 2.75) is 26.8 Å². The predicted octanol–water partition coefficient (Wildman–Crippen LogP) is 3.15. The minimum atomic E-state index is -0.144. The molecule has 0 amide bonds. The fraction of sp³-hybridized carbons (Fsp3) is 0.385. The topological polar surface area (TPSA) is 12.0 Å². The zero-order valence-corrected chi connectivity index (χ0v) is 9.55. The minimum Gasteiger partial charge on any atom is -0.311 e. The lowest BCUT2D eigenvalue weighted by Gasteiger charge is -2.03. The highest BCUT2D eigenvalue weighted by atomic mass is 19.1. The first-order valence-electron chi connectivity index (χ1n) is 5.25. The lowest BCUT2D eigenvalue weighted by molar-refractivity contribution is 0.618. The van der Waals surface area contributed by atoms with Crippen LogP contribution >= 0.6 is 0 Å². The summed E-state index contributed by atoms with van der Waals surface area (Å²) in [7, 11) is 0. The second-order valence-electron chi connectivity index (χ2n) is 3.97. The lowest BCUT2D eigenvalue weighted by Crippen LogP contribution is -2.22. The van der Waals surface area contributed by atoms with Gasteiger partial charge in [-0.2, -0.15) is 0 Å². The number of hydrogen-bond acceptors (Lipinski definition) is 1. The van der Waals surface area contributed by atoms with Crippen molar-refractivity contribution >= 4 is 6.08 Å². The van der Waals surface area contributed by atoms with Crippen molar-refractivity contribution < 1.29 is 4.39 Å². The van der Waals surface area contributed by atoms with Crippen LogP contribution in [0.2, 0.25) is 0 Å². The molecular formula is C13H18FN. The van der Waals surface area contributed by atoms with Gasteiger partial charge in [0, 0.05) is 12.6 Å². The molecule has 0 aliphatic heterocycles. The molecule has 1 N–H and O–H groups in total. The Hall–Kier alpha value is -1.15. The lowest BCUT2D eigenvalue weighted by atomic mass is 10.1. The molecule has 1 aromatic carbocycles. The van der Waals surface area contributed by atoms with Crippen molar-refractivity contribution in [2.75, 3.05) is 6.54 Å². The van der Waals surface area contributed by atoms with Crippen LogP contribution in [0.1, 0.15) is 25.0 Å². The van der Waals surface area contributed by atoms with E-state index in [-0.39, 0.29) is 5.82 Å². The van der Waals surface area contributed by atoms with Gasteiger partial charge in [-0.3, -0.25) is 0 Å². The molecule has 1 nitrogen and oxygen atoms in total. The summed E-state index contributed by atoms with van der Waals surface area (Å²) in [4.78, 5) is 0. The molecule has 82 valence electrons. The van der Waals surface area contributed by atoms with E-state index < -0.39 is 0 Å². The summed E-state index contributed by atoms with van der Waals surface area (Å²) in [5.74, 6) is -0.144. The van der Waals surface area contributed by atoms with Crippen LogP contribution in [0, 0.1) is 12.7 Å². The Balaban J connectivity index is 2.53. The van der Waals surface area contributed by atoms with E-state index in [0.717, 1.165) is 12.1 Å². The van der Waals surface area contributed by atoms with Crippen molar-refractivity contribution in [3.63, 3.8) is 0 Å². The SMILES string of the molecule is Cc1ccc(C=CCNC(C)C)cc1F. The van der Waals surface area contributed by atoms with Crippen molar-refractivity contribution in [2.24, 2.45) is 0 Å². The van der Waals surface area contributed by atoms with Crippen LogP contribution in [0.25, 0.3) is 6.08 Å². The molecule has 0 bridgehead atoms. The molecule has 0 radical (unpaired) electrons. The van der Waals surface area contributed by atoms with E-state index in [1.807, 2.05) is 18.2 Å². The Morgan fingerprint density at radius 2 is 2.13 bits per heavy atom. The van der Waals surface area contributed by atoms with Gasteiger partial charge in [-0.1, -0.05) is 38.1 Å². The van der Waals surface area contributed by atoms with Crippen molar-refractivity contribution in [1.29, 1.82) is 0 Å². The molecule has 15 heavy (non-hydrogen) atoms. The van der Waals surface area contributed by atoms with E-state index in [1.165, 1.54) is 0 Å². The first-order valence-corrected chi connectivity index (χ1v) is 5.25.